The number of Topliss-reactive ketones (excluding diaryl/α,β-unsaturated/α-hetero) is 1. The molecule has 1 aliphatic rings. The lowest BCUT2D eigenvalue weighted by Gasteiger charge is -2.12. The summed E-state index contributed by atoms with van der Waals surface area (Å²) in [7, 11) is 0. The van der Waals surface area contributed by atoms with Crippen molar-refractivity contribution in [1.29, 1.82) is 0 Å². The molecule has 0 spiro atoms. The van der Waals surface area contributed by atoms with Gasteiger partial charge in [0.05, 0.1) is 0 Å². The molecule has 0 saturated carbocycles. The molecule has 3 heteroatoms. The van der Waals surface area contributed by atoms with Crippen LogP contribution in [0.2, 0.25) is 0 Å². The number of carbonyl (C=O) groups is 1. The van der Waals surface area contributed by atoms with Crippen LogP contribution in [0.1, 0.15) is 61.3 Å². The zero-order chi connectivity index (χ0) is 19.4. The minimum Gasteiger partial charge on any atom is -0.300 e. The Kier molecular flexibility index (Phi) is 6.64. The van der Waals surface area contributed by atoms with Crippen molar-refractivity contribution in [3.05, 3.63) is 74.5 Å². The first-order chi connectivity index (χ1) is 12.9. The predicted molar refractivity (Wildman–Crippen MR) is 113 cm³/mol. The molecule has 0 atom stereocenters. The average molecular weight is 429 g/mol. The fourth-order valence-corrected chi connectivity index (χ4v) is 4.19. The van der Waals surface area contributed by atoms with E-state index >= 15 is 0 Å². The Hall–Kier alpha value is -1.74. The van der Waals surface area contributed by atoms with Crippen molar-refractivity contribution in [3.63, 3.8) is 0 Å². The molecule has 0 amide bonds. The summed E-state index contributed by atoms with van der Waals surface area (Å²) in [5.41, 5.74) is 7.02. The third-order valence-electron chi connectivity index (χ3n) is 5.47. The lowest BCUT2D eigenvalue weighted by molar-refractivity contribution is -0.116. The van der Waals surface area contributed by atoms with Crippen LogP contribution in [-0.2, 0) is 17.6 Å². The zero-order valence-corrected chi connectivity index (χ0v) is 17.7. The summed E-state index contributed by atoms with van der Waals surface area (Å²) in [6.07, 6.45) is 6.15. The number of carbonyl (C=O) groups excluding carboxylic acids is 1. The summed E-state index contributed by atoms with van der Waals surface area (Å²) < 4.78 is 15.7. The number of hydrogen-bond donors (Lipinski definition) is 0. The maximum absolute atomic E-state index is 14.6. The van der Waals surface area contributed by atoms with Crippen molar-refractivity contribution in [2.45, 2.75) is 58.8 Å². The van der Waals surface area contributed by atoms with E-state index in [1.807, 2.05) is 13.0 Å². The van der Waals surface area contributed by atoms with Crippen LogP contribution in [-0.4, -0.2) is 5.78 Å². The SMILES string of the molecule is CC(=O)CCc1cc(F)c(CCC2=C(c3ccc(Br)cc3)CCC2)cc1C. The molecule has 0 fully saturated rings. The van der Waals surface area contributed by atoms with Gasteiger partial charge < -0.3 is 4.79 Å². The third-order valence-corrected chi connectivity index (χ3v) is 6.00. The van der Waals surface area contributed by atoms with Crippen LogP contribution < -0.4 is 0 Å². The van der Waals surface area contributed by atoms with Gasteiger partial charge in [-0.2, -0.15) is 0 Å². The van der Waals surface area contributed by atoms with Gasteiger partial charge in [0.15, 0.2) is 0 Å². The molecule has 0 N–H and O–H groups in total. The smallest absolute Gasteiger partial charge is 0.130 e. The standard InChI is InChI=1S/C24H26BrFO/c1-16-14-21(24(26)15-20(16)7-6-17(2)27)9-8-18-4-3-5-23(18)19-10-12-22(25)13-11-19/h10-15H,3-9H2,1-2H3. The van der Waals surface area contributed by atoms with Crippen molar-refractivity contribution in [2.24, 2.45) is 0 Å². The van der Waals surface area contributed by atoms with Crippen molar-refractivity contribution >= 4 is 27.3 Å². The van der Waals surface area contributed by atoms with Gasteiger partial charge in [-0.05, 0) is 98.4 Å². The zero-order valence-electron chi connectivity index (χ0n) is 16.1. The highest BCUT2D eigenvalue weighted by Gasteiger charge is 2.17. The highest BCUT2D eigenvalue weighted by atomic mass is 79.9. The van der Waals surface area contributed by atoms with Crippen LogP contribution in [0.25, 0.3) is 5.57 Å². The highest BCUT2D eigenvalue weighted by Crippen LogP contribution is 2.36. The lowest BCUT2D eigenvalue weighted by Crippen LogP contribution is -2.01. The second-order valence-electron chi connectivity index (χ2n) is 7.51. The van der Waals surface area contributed by atoms with E-state index in [9.17, 15) is 9.18 Å². The van der Waals surface area contributed by atoms with Crippen LogP contribution in [0, 0.1) is 12.7 Å². The Morgan fingerprint density at radius 2 is 1.78 bits per heavy atom. The van der Waals surface area contributed by atoms with E-state index in [1.165, 1.54) is 23.1 Å². The molecule has 1 aliphatic carbocycles. The Morgan fingerprint density at radius 1 is 1.04 bits per heavy atom. The van der Waals surface area contributed by atoms with Gasteiger partial charge in [0.25, 0.3) is 0 Å². The van der Waals surface area contributed by atoms with Crippen molar-refractivity contribution in [1.82, 2.24) is 0 Å². The molecule has 3 rings (SSSR count). The van der Waals surface area contributed by atoms with Crippen LogP contribution in [0.15, 0.2) is 46.4 Å². The van der Waals surface area contributed by atoms with Crippen molar-refractivity contribution < 1.29 is 9.18 Å². The Balaban J connectivity index is 1.73. The normalized spacial score (nSPS) is 14.1. The number of hydrogen-bond acceptors (Lipinski definition) is 1. The molecule has 0 unspecified atom stereocenters. The molecule has 0 radical (unpaired) electrons. The molecular weight excluding hydrogens is 403 g/mol. The first-order valence-electron chi connectivity index (χ1n) is 9.68. The first-order valence-corrected chi connectivity index (χ1v) is 10.5. The number of allylic oxidation sites excluding steroid dienone is 2. The minimum atomic E-state index is -0.136. The van der Waals surface area contributed by atoms with E-state index in [0.717, 1.165) is 46.8 Å². The highest BCUT2D eigenvalue weighted by molar-refractivity contribution is 9.10. The molecule has 1 nitrogen and oxygen atoms in total. The summed E-state index contributed by atoms with van der Waals surface area (Å²) in [6, 6.07) is 12.1. The Bertz CT molecular complexity index is 865. The topological polar surface area (TPSA) is 17.1 Å². The van der Waals surface area contributed by atoms with Gasteiger partial charge in [0.1, 0.15) is 11.6 Å². The quantitative estimate of drug-likeness (QED) is 0.464. The van der Waals surface area contributed by atoms with E-state index in [2.05, 4.69) is 40.2 Å². The van der Waals surface area contributed by atoms with Gasteiger partial charge >= 0.3 is 0 Å². The van der Waals surface area contributed by atoms with Crippen LogP contribution in [0.5, 0.6) is 0 Å². The molecule has 27 heavy (non-hydrogen) atoms. The van der Waals surface area contributed by atoms with Crippen molar-refractivity contribution in [3.8, 4) is 0 Å². The van der Waals surface area contributed by atoms with Crippen molar-refractivity contribution in [2.75, 3.05) is 0 Å². The Labute approximate surface area is 169 Å². The number of ketones is 1. The van der Waals surface area contributed by atoms with E-state index in [4.69, 9.17) is 0 Å². The summed E-state index contributed by atoms with van der Waals surface area (Å²) in [6.45, 7) is 3.60. The lowest BCUT2D eigenvalue weighted by atomic mass is 9.94. The number of halogens is 2. The van der Waals surface area contributed by atoms with E-state index in [0.29, 0.717) is 12.8 Å². The predicted octanol–water partition coefficient (Wildman–Crippen LogP) is 6.99. The van der Waals surface area contributed by atoms with Crippen LogP contribution in [0.3, 0.4) is 0 Å². The maximum atomic E-state index is 14.6. The second kappa shape index (κ2) is 8.97. The monoisotopic (exact) mass is 428 g/mol. The largest absolute Gasteiger partial charge is 0.300 e. The minimum absolute atomic E-state index is 0.136. The fourth-order valence-electron chi connectivity index (χ4n) is 3.92. The van der Waals surface area contributed by atoms with E-state index < -0.39 is 0 Å². The molecule has 0 heterocycles. The second-order valence-corrected chi connectivity index (χ2v) is 8.43. The summed E-state index contributed by atoms with van der Waals surface area (Å²) in [5.74, 6) is 0.00969. The molecule has 0 saturated heterocycles. The number of aryl methyl sites for hydroxylation is 3. The average Bonchev–Trinajstić information content (AvgIpc) is 3.10. The molecule has 142 valence electrons. The van der Waals surface area contributed by atoms with Gasteiger partial charge in [-0.3, -0.25) is 0 Å². The molecular formula is C24H26BrFO. The fraction of sp³-hybridized carbons (Fsp3) is 0.375. The van der Waals surface area contributed by atoms with E-state index in [1.54, 1.807) is 13.0 Å². The van der Waals surface area contributed by atoms with Gasteiger partial charge in [-0.25, -0.2) is 4.39 Å². The van der Waals surface area contributed by atoms with Gasteiger partial charge in [0, 0.05) is 10.9 Å². The van der Waals surface area contributed by atoms with Gasteiger partial charge in [-0.15, -0.1) is 0 Å². The first kappa shape index (κ1) is 20.0. The van der Waals surface area contributed by atoms with E-state index in [-0.39, 0.29) is 11.6 Å². The van der Waals surface area contributed by atoms with Crippen LogP contribution >= 0.6 is 15.9 Å². The molecule has 2 aromatic rings. The van der Waals surface area contributed by atoms with Gasteiger partial charge in [0.2, 0.25) is 0 Å². The van der Waals surface area contributed by atoms with Gasteiger partial charge in [-0.1, -0.05) is 39.7 Å². The summed E-state index contributed by atoms with van der Waals surface area (Å²) in [5, 5.41) is 0. The molecule has 2 aromatic carbocycles. The molecule has 0 bridgehead atoms. The molecule has 0 aliphatic heterocycles. The number of rotatable bonds is 7. The third kappa shape index (κ3) is 5.16. The summed E-state index contributed by atoms with van der Waals surface area (Å²) >= 11 is 3.49. The Morgan fingerprint density at radius 3 is 2.48 bits per heavy atom. The molecule has 0 aromatic heterocycles. The maximum Gasteiger partial charge on any atom is 0.130 e. The number of benzene rings is 2. The van der Waals surface area contributed by atoms with Crippen LogP contribution in [0.4, 0.5) is 4.39 Å². The summed E-state index contributed by atoms with van der Waals surface area (Å²) in [4.78, 5) is 11.2.